The van der Waals surface area contributed by atoms with E-state index in [1.54, 1.807) is 6.92 Å². The van der Waals surface area contributed by atoms with Crippen molar-refractivity contribution in [2.45, 2.75) is 31.2 Å². The third kappa shape index (κ3) is 10.6. The Morgan fingerprint density at radius 3 is 2.48 bits per heavy atom. The molecule has 0 aliphatic carbocycles. The van der Waals surface area contributed by atoms with Crippen molar-refractivity contribution in [3.63, 3.8) is 0 Å². The first-order chi connectivity index (χ1) is 14.6. The quantitative estimate of drug-likeness (QED) is 0.202. The van der Waals surface area contributed by atoms with E-state index in [-0.39, 0.29) is 34.5 Å². The van der Waals surface area contributed by atoms with Crippen LogP contribution < -0.4 is 10.0 Å². The molecule has 1 unspecified atom stereocenters. The fraction of sp³-hybridized carbons (Fsp3) is 0.500. The van der Waals surface area contributed by atoms with Gasteiger partial charge in [0, 0.05) is 12.3 Å². The molecule has 0 radical (unpaired) electrons. The van der Waals surface area contributed by atoms with Crippen molar-refractivity contribution in [2.75, 3.05) is 29.6 Å². The molecule has 0 saturated heterocycles. The summed E-state index contributed by atoms with van der Waals surface area (Å²) in [5, 5.41) is 20.9. The third-order valence-electron chi connectivity index (χ3n) is 3.78. The van der Waals surface area contributed by atoms with Crippen LogP contribution in [0.4, 0.5) is 0 Å². The number of benzene rings is 1. The van der Waals surface area contributed by atoms with Gasteiger partial charge in [-0.3, -0.25) is 14.4 Å². The number of phenols is 1. The molecule has 0 spiro atoms. The molecule has 0 aromatic heterocycles. The Kier molecular flexibility index (Phi) is 12.4. The summed E-state index contributed by atoms with van der Waals surface area (Å²) in [4.78, 5) is 35.1. The van der Waals surface area contributed by atoms with Gasteiger partial charge in [-0.25, -0.2) is 13.1 Å². The summed E-state index contributed by atoms with van der Waals surface area (Å²) in [5.41, 5.74) is 0.451. The van der Waals surface area contributed by atoms with Gasteiger partial charge in [0.25, 0.3) is 0 Å². The van der Waals surface area contributed by atoms with E-state index in [0.29, 0.717) is 17.1 Å². The minimum atomic E-state index is -3.71. The van der Waals surface area contributed by atoms with E-state index in [4.69, 9.17) is 5.11 Å². The highest BCUT2D eigenvalue weighted by Crippen LogP contribution is 2.22. The van der Waals surface area contributed by atoms with Crippen LogP contribution in [0.2, 0.25) is 0 Å². The summed E-state index contributed by atoms with van der Waals surface area (Å²) >= 11 is 1.36. The fourth-order valence-electron chi connectivity index (χ4n) is 2.21. The Balaban J connectivity index is 2.37. The van der Waals surface area contributed by atoms with E-state index in [1.807, 2.05) is 6.92 Å². The van der Waals surface area contributed by atoms with Crippen molar-refractivity contribution in [2.24, 2.45) is 0 Å². The molecule has 174 valence electrons. The maximum Gasteiger partial charge on any atom is 0.305 e. The lowest BCUT2D eigenvalue weighted by molar-refractivity contribution is -0.139. The molecule has 0 aliphatic heterocycles. The van der Waals surface area contributed by atoms with Crippen LogP contribution in [0.15, 0.2) is 23.1 Å². The largest absolute Gasteiger partial charge is 0.508 e. The Labute approximate surface area is 194 Å². The molecule has 0 heterocycles. The number of Topliss-reactive ketones (excluding diaryl/α,β-unsaturated/α-hetero) is 1. The number of sulfonamides is 1. The first kappa shape index (κ1) is 27.6. The smallest absolute Gasteiger partial charge is 0.305 e. The van der Waals surface area contributed by atoms with Gasteiger partial charge >= 0.3 is 5.97 Å². The number of ketones is 1. The zero-order valence-electron chi connectivity index (χ0n) is 17.1. The topological polar surface area (TPSA) is 150 Å². The van der Waals surface area contributed by atoms with Gasteiger partial charge in [-0.15, -0.1) is 0 Å². The molecule has 0 bridgehead atoms. The highest BCUT2D eigenvalue weighted by molar-refractivity contribution is 8.76. The normalized spacial score (nSPS) is 12.3. The molecule has 31 heavy (non-hydrogen) atoms. The molecular weight excluding hydrogens is 484 g/mol. The average molecular weight is 511 g/mol. The van der Waals surface area contributed by atoms with Crippen LogP contribution in [0.5, 0.6) is 5.75 Å². The number of carboxylic acid groups (broad SMARTS) is 1. The number of rotatable bonds is 15. The highest BCUT2D eigenvalue weighted by atomic mass is 33.1. The lowest BCUT2D eigenvalue weighted by Crippen LogP contribution is -2.43. The van der Waals surface area contributed by atoms with Crippen molar-refractivity contribution in [1.29, 1.82) is 0 Å². The van der Waals surface area contributed by atoms with Crippen LogP contribution in [-0.4, -0.2) is 71.9 Å². The Bertz CT molecular complexity index is 878. The summed E-state index contributed by atoms with van der Waals surface area (Å²) in [6.45, 7) is 3.61. The van der Waals surface area contributed by atoms with Crippen LogP contribution in [-0.2, 0) is 24.4 Å². The minimum absolute atomic E-state index is 0.00110. The van der Waals surface area contributed by atoms with Gasteiger partial charge in [0.2, 0.25) is 15.9 Å². The lowest BCUT2D eigenvalue weighted by atomic mass is 10.1. The molecule has 9 nitrogen and oxygen atoms in total. The van der Waals surface area contributed by atoms with Crippen molar-refractivity contribution < 1.29 is 33.0 Å². The predicted octanol–water partition coefficient (Wildman–Crippen LogP) is 1.64. The first-order valence-corrected chi connectivity index (χ1v) is 14.3. The molecular formula is C18H26N2O7S4. The third-order valence-corrected chi connectivity index (χ3v) is 8.41. The molecule has 0 fully saturated rings. The summed E-state index contributed by atoms with van der Waals surface area (Å²) in [6, 6.07) is 2.94. The Morgan fingerprint density at radius 1 is 1.16 bits per heavy atom. The van der Waals surface area contributed by atoms with E-state index in [0.717, 1.165) is 0 Å². The molecule has 0 aliphatic rings. The summed E-state index contributed by atoms with van der Waals surface area (Å²) < 4.78 is 26.9. The van der Waals surface area contributed by atoms with Crippen LogP contribution >= 0.6 is 33.3 Å². The molecule has 1 rings (SSSR count). The number of aryl methyl sites for hydroxylation is 1. The van der Waals surface area contributed by atoms with Gasteiger partial charge < -0.3 is 15.5 Å². The van der Waals surface area contributed by atoms with Crippen LogP contribution in [0.1, 0.15) is 18.9 Å². The van der Waals surface area contributed by atoms with Gasteiger partial charge in [0.1, 0.15) is 5.75 Å². The maximum absolute atomic E-state index is 12.2. The summed E-state index contributed by atoms with van der Waals surface area (Å²) in [7, 11) is -1.26. The van der Waals surface area contributed by atoms with Crippen LogP contribution in [0.25, 0.3) is 0 Å². The van der Waals surface area contributed by atoms with Crippen molar-refractivity contribution in [3.05, 3.63) is 23.8 Å². The molecule has 4 N–H and O–H groups in total. The molecule has 0 saturated carbocycles. The van der Waals surface area contributed by atoms with Gasteiger partial charge in [-0.05, 0) is 36.4 Å². The number of hydrogen-bond donors (Lipinski definition) is 4. The second kappa shape index (κ2) is 13.9. The standard InChI is InChI=1S/C18H26N2O7S4/c1-3-28-10-16(22)14(9-18(24)25)20-17(23)11-30-29-7-6-19-31(26,27)13-4-5-15(21)12(2)8-13/h4-5,8,14,19,21H,3,6-7,9-11H2,1-2H3,(H,20,23)(H,24,25). The summed E-state index contributed by atoms with van der Waals surface area (Å²) in [5.74, 6) is -0.714. The fourth-order valence-corrected chi connectivity index (χ4v) is 5.81. The van der Waals surface area contributed by atoms with E-state index in [1.165, 1.54) is 51.5 Å². The average Bonchev–Trinajstić information content (AvgIpc) is 2.69. The number of carbonyl (C=O) groups is 3. The van der Waals surface area contributed by atoms with Crippen molar-refractivity contribution in [3.8, 4) is 5.75 Å². The van der Waals surface area contributed by atoms with Gasteiger partial charge in [-0.1, -0.05) is 28.5 Å². The van der Waals surface area contributed by atoms with Crippen LogP contribution in [0.3, 0.4) is 0 Å². The number of hydrogen-bond acceptors (Lipinski definition) is 9. The summed E-state index contributed by atoms with van der Waals surface area (Å²) in [6.07, 6.45) is -0.467. The van der Waals surface area contributed by atoms with Crippen molar-refractivity contribution >= 4 is 61.0 Å². The molecule has 1 aromatic rings. The maximum atomic E-state index is 12.2. The van der Waals surface area contributed by atoms with E-state index >= 15 is 0 Å². The number of aliphatic carboxylic acids is 1. The molecule has 13 heteroatoms. The molecule has 1 atom stereocenters. The highest BCUT2D eigenvalue weighted by Gasteiger charge is 2.23. The minimum Gasteiger partial charge on any atom is -0.508 e. The van der Waals surface area contributed by atoms with E-state index in [2.05, 4.69) is 10.0 Å². The Morgan fingerprint density at radius 2 is 1.87 bits per heavy atom. The monoisotopic (exact) mass is 510 g/mol. The first-order valence-electron chi connectivity index (χ1n) is 9.22. The number of phenolic OH excluding ortho intramolecular Hbond substituents is 1. The number of carboxylic acids is 1. The number of carbonyl (C=O) groups excluding carboxylic acids is 2. The van der Waals surface area contributed by atoms with E-state index in [9.17, 15) is 27.9 Å². The van der Waals surface area contributed by atoms with Gasteiger partial charge in [0.15, 0.2) is 5.78 Å². The Hall–Kier alpha value is -1.41. The SMILES string of the molecule is CCSCC(=O)C(CC(=O)O)NC(=O)CSSCCNS(=O)(=O)c1ccc(O)c(C)c1. The zero-order chi connectivity index (χ0) is 23.4. The number of aromatic hydroxyl groups is 1. The second-order valence-electron chi connectivity index (χ2n) is 6.25. The number of thioether (sulfide) groups is 1. The number of amides is 1. The second-order valence-corrected chi connectivity index (χ2v) is 11.9. The van der Waals surface area contributed by atoms with Gasteiger partial charge in [-0.2, -0.15) is 11.8 Å². The van der Waals surface area contributed by atoms with E-state index < -0.39 is 34.4 Å². The lowest BCUT2D eigenvalue weighted by Gasteiger charge is -2.15. The van der Waals surface area contributed by atoms with Gasteiger partial charge in [0.05, 0.1) is 28.9 Å². The molecule has 1 amide bonds. The zero-order valence-corrected chi connectivity index (χ0v) is 20.4. The van der Waals surface area contributed by atoms with Crippen molar-refractivity contribution in [1.82, 2.24) is 10.0 Å². The predicted molar refractivity (Wildman–Crippen MR) is 125 cm³/mol. The van der Waals surface area contributed by atoms with Crippen LogP contribution in [0, 0.1) is 6.92 Å². The number of nitrogens with one attached hydrogen (secondary N) is 2. The molecule has 1 aromatic carbocycles.